The number of carbonyl (C=O) groups excluding carboxylic acids is 1. The van der Waals surface area contributed by atoms with Gasteiger partial charge in [-0.1, -0.05) is 6.07 Å². The summed E-state index contributed by atoms with van der Waals surface area (Å²) in [5, 5.41) is 7.46. The van der Waals surface area contributed by atoms with Crippen LogP contribution in [0.25, 0.3) is 0 Å². The van der Waals surface area contributed by atoms with E-state index in [9.17, 15) is 4.79 Å². The van der Waals surface area contributed by atoms with E-state index in [1.165, 1.54) is 11.8 Å². The molecule has 3 heterocycles. The molecule has 2 aromatic rings. The first-order valence-corrected chi connectivity index (χ1v) is 6.78. The molecule has 0 spiro atoms. The Morgan fingerprint density at radius 2 is 2.20 bits per heavy atom. The zero-order valence-corrected chi connectivity index (χ0v) is 11.1. The molecule has 2 aromatic heterocycles. The number of amides is 1. The van der Waals surface area contributed by atoms with Crippen LogP contribution < -0.4 is 0 Å². The van der Waals surface area contributed by atoms with Crippen LogP contribution in [0, 0.1) is 5.92 Å². The van der Waals surface area contributed by atoms with Gasteiger partial charge in [0.2, 0.25) is 0 Å². The van der Waals surface area contributed by atoms with Crippen molar-refractivity contribution >= 4 is 5.91 Å². The lowest BCUT2D eigenvalue weighted by molar-refractivity contribution is 0.0786. The van der Waals surface area contributed by atoms with Crippen molar-refractivity contribution in [3.63, 3.8) is 0 Å². The highest BCUT2D eigenvalue weighted by molar-refractivity contribution is 5.93. The quantitative estimate of drug-likeness (QED) is 0.848. The van der Waals surface area contributed by atoms with Crippen LogP contribution in [0.1, 0.15) is 22.3 Å². The van der Waals surface area contributed by atoms with E-state index < -0.39 is 0 Å². The number of rotatable bonds is 3. The third-order valence-electron chi connectivity index (χ3n) is 3.65. The molecule has 0 saturated carbocycles. The number of aromatic nitrogens is 3. The van der Waals surface area contributed by atoms with Crippen LogP contribution in [0.3, 0.4) is 0 Å². The Hall–Kier alpha value is -2.30. The standard InChI is InChI=1S/C15H16N4O/c20-15(14-3-6-17-18-10-14)19-7-4-13(11-19)8-12-2-1-5-16-9-12/h1-3,5-6,9-10,13H,4,7-8,11H2. The molecule has 3 rings (SSSR count). The smallest absolute Gasteiger partial charge is 0.255 e. The van der Waals surface area contributed by atoms with Crippen molar-refractivity contribution in [1.29, 1.82) is 0 Å². The zero-order chi connectivity index (χ0) is 13.8. The number of carbonyl (C=O) groups is 1. The maximum absolute atomic E-state index is 12.3. The highest BCUT2D eigenvalue weighted by Crippen LogP contribution is 2.21. The largest absolute Gasteiger partial charge is 0.338 e. The molecule has 5 heteroatoms. The number of hydrogen-bond acceptors (Lipinski definition) is 4. The predicted molar refractivity (Wildman–Crippen MR) is 74.0 cm³/mol. The van der Waals surface area contributed by atoms with Crippen LogP contribution in [0.4, 0.5) is 0 Å². The molecule has 0 aliphatic carbocycles. The molecule has 1 fully saturated rings. The molecule has 20 heavy (non-hydrogen) atoms. The van der Waals surface area contributed by atoms with Crippen LogP contribution >= 0.6 is 0 Å². The number of nitrogens with zero attached hydrogens (tertiary/aromatic N) is 4. The van der Waals surface area contributed by atoms with Crippen LogP contribution in [0.5, 0.6) is 0 Å². The van der Waals surface area contributed by atoms with Gasteiger partial charge < -0.3 is 4.90 Å². The lowest BCUT2D eigenvalue weighted by Gasteiger charge is -2.16. The lowest BCUT2D eigenvalue weighted by Crippen LogP contribution is -2.29. The van der Waals surface area contributed by atoms with Crippen molar-refractivity contribution in [3.05, 3.63) is 54.1 Å². The second kappa shape index (κ2) is 5.77. The highest BCUT2D eigenvalue weighted by atomic mass is 16.2. The fourth-order valence-corrected chi connectivity index (χ4v) is 2.64. The molecule has 0 aromatic carbocycles. The molecular formula is C15H16N4O. The molecule has 1 unspecified atom stereocenters. The molecule has 102 valence electrons. The topological polar surface area (TPSA) is 59.0 Å². The average molecular weight is 268 g/mol. The van der Waals surface area contributed by atoms with E-state index in [0.29, 0.717) is 11.5 Å². The normalized spacial score (nSPS) is 18.2. The van der Waals surface area contributed by atoms with Crippen molar-refractivity contribution in [3.8, 4) is 0 Å². The molecular weight excluding hydrogens is 252 g/mol. The molecule has 0 bridgehead atoms. The first kappa shape index (κ1) is 12.7. The Bertz CT molecular complexity index is 573. The van der Waals surface area contributed by atoms with Crippen LogP contribution in [-0.2, 0) is 6.42 Å². The minimum absolute atomic E-state index is 0.0496. The van der Waals surface area contributed by atoms with E-state index in [2.05, 4.69) is 21.2 Å². The third-order valence-corrected chi connectivity index (χ3v) is 3.65. The summed E-state index contributed by atoms with van der Waals surface area (Å²) in [6.45, 7) is 1.61. The summed E-state index contributed by atoms with van der Waals surface area (Å²) in [4.78, 5) is 18.3. The van der Waals surface area contributed by atoms with E-state index in [4.69, 9.17) is 0 Å². The summed E-state index contributed by atoms with van der Waals surface area (Å²) in [6, 6.07) is 5.75. The van der Waals surface area contributed by atoms with Crippen LogP contribution in [0.15, 0.2) is 43.0 Å². The monoisotopic (exact) mass is 268 g/mol. The van der Waals surface area contributed by atoms with Gasteiger partial charge in [0.25, 0.3) is 5.91 Å². The van der Waals surface area contributed by atoms with Crippen LogP contribution in [0.2, 0.25) is 0 Å². The van der Waals surface area contributed by atoms with Gasteiger partial charge in [0.05, 0.1) is 18.0 Å². The Morgan fingerprint density at radius 1 is 1.25 bits per heavy atom. The van der Waals surface area contributed by atoms with Crippen molar-refractivity contribution in [1.82, 2.24) is 20.1 Å². The number of hydrogen-bond donors (Lipinski definition) is 0. The molecule has 1 aliphatic rings. The van der Waals surface area contributed by atoms with E-state index in [-0.39, 0.29) is 5.91 Å². The van der Waals surface area contributed by atoms with Gasteiger partial charge in [-0.3, -0.25) is 9.78 Å². The zero-order valence-electron chi connectivity index (χ0n) is 11.1. The molecule has 1 atom stereocenters. The van der Waals surface area contributed by atoms with Gasteiger partial charge in [-0.2, -0.15) is 10.2 Å². The Labute approximate surface area is 117 Å². The summed E-state index contributed by atoms with van der Waals surface area (Å²) in [7, 11) is 0. The molecule has 1 amide bonds. The second-order valence-electron chi connectivity index (χ2n) is 5.10. The van der Waals surface area contributed by atoms with Gasteiger partial charge in [-0.05, 0) is 36.5 Å². The number of likely N-dealkylation sites (tertiary alicyclic amines) is 1. The summed E-state index contributed by atoms with van der Waals surface area (Å²) < 4.78 is 0. The summed E-state index contributed by atoms with van der Waals surface area (Å²) in [5.41, 5.74) is 1.85. The first-order valence-electron chi connectivity index (χ1n) is 6.78. The lowest BCUT2D eigenvalue weighted by atomic mass is 10.0. The molecule has 5 nitrogen and oxygen atoms in total. The van der Waals surface area contributed by atoms with Crippen LogP contribution in [-0.4, -0.2) is 39.1 Å². The minimum atomic E-state index is 0.0496. The van der Waals surface area contributed by atoms with Gasteiger partial charge in [0, 0.05) is 25.5 Å². The van der Waals surface area contributed by atoms with E-state index in [0.717, 1.165) is 25.9 Å². The van der Waals surface area contributed by atoms with E-state index in [1.807, 2.05) is 17.2 Å². The first-order chi connectivity index (χ1) is 9.83. The van der Waals surface area contributed by atoms with Gasteiger partial charge in [0.1, 0.15) is 0 Å². The third kappa shape index (κ3) is 2.82. The van der Waals surface area contributed by atoms with Crippen molar-refractivity contribution in [2.24, 2.45) is 5.92 Å². The highest BCUT2D eigenvalue weighted by Gasteiger charge is 2.27. The Kier molecular flexibility index (Phi) is 3.67. The predicted octanol–water partition coefficient (Wildman–Crippen LogP) is 1.58. The molecule has 0 radical (unpaired) electrons. The fraction of sp³-hybridized carbons (Fsp3) is 0.333. The van der Waals surface area contributed by atoms with Crippen molar-refractivity contribution < 1.29 is 4.79 Å². The average Bonchev–Trinajstić information content (AvgIpc) is 2.97. The van der Waals surface area contributed by atoms with E-state index >= 15 is 0 Å². The Morgan fingerprint density at radius 3 is 2.95 bits per heavy atom. The van der Waals surface area contributed by atoms with Gasteiger partial charge in [-0.15, -0.1) is 0 Å². The van der Waals surface area contributed by atoms with Crippen molar-refractivity contribution in [2.75, 3.05) is 13.1 Å². The molecule has 0 N–H and O–H groups in total. The number of pyridine rings is 1. The van der Waals surface area contributed by atoms with Crippen molar-refractivity contribution in [2.45, 2.75) is 12.8 Å². The van der Waals surface area contributed by atoms with E-state index in [1.54, 1.807) is 18.5 Å². The summed E-state index contributed by atoms with van der Waals surface area (Å²) >= 11 is 0. The molecule has 1 aliphatic heterocycles. The maximum Gasteiger partial charge on any atom is 0.255 e. The SMILES string of the molecule is O=C(c1ccnnc1)N1CCC(Cc2cccnc2)C1. The van der Waals surface area contributed by atoms with Gasteiger partial charge >= 0.3 is 0 Å². The molecule has 1 saturated heterocycles. The Balaban J connectivity index is 1.61. The summed E-state index contributed by atoms with van der Waals surface area (Å²) in [6.07, 6.45) is 8.78. The second-order valence-corrected chi connectivity index (χ2v) is 5.10. The van der Waals surface area contributed by atoms with Gasteiger partial charge in [-0.25, -0.2) is 0 Å². The van der Waals surface area contributed by atoms with Gasteiger partial charge in [0.15, 0.2) is 0 Å². The minimum Gasteiger partial charge on any atom is -0.338 e. The summed E-state index contributed by atoms with van der Waals surface area (Å²) in [5.74, 6) is 0.562. The fourth-order valence-electron chi connectivity index (χ4n) is 2.64. The maximum atomic E-state index is 12.3.